The lowest BCUT2D eigenvalue weighted by atomic mass is 10.1. The number of aromatic nitrogens is 7. The normalized spacial score (nSPS) is 13.8. The zero-order chi connectivity index (χ0) is 32.6. The zero-order valence-electron chi connectivity index (χ0n) is 26.4. The van der Waals surface area contributed by atoms with Crippen molar-refractivity contribution in [1.29, 1.82) is 0 Å². The Labute approximate surface area is 265 Å². The molecule has 242 valence electrons. The lowest BCUT2D eigenvalue weighted by Crippen LogP contribution is -2.22. The summed E-state index contributed by atoms with van der Waals surface area (Å²) in [6, 6.07) is 10.0. The molecule has 4 heterocycles. The highest BCUT2D eigenvalue weighted by molar-refractivity contribution is 6.76. The minimum atomic E-state index is -4.51. The Morgan fingerprint density at radius 1 is 0.978 bits per heavy atom. The predicted octanol–water partition coefficient (Wildman–Crippen LogP) is 7.08. The molecule has 1 fully saturated rings. The van der Waals surface area contributed by atoms with Gasteiger partial charge in [0.1, 0.15) is 36.7 Å². The fraction of sp³-hybridized carbons (Fsp3) is 0.406. The van der Waals surface area contributed by atoms with E-state index in [0.717, 1.165) is 36.3 Å². The molecule has 1 aliphatic carbocycles. The maximum atomic E-state index is 13.2. The summed E-state index contributed by atoms with van der Waals surface area (Å²) in [6.45, 7) is 8.09. The maximum Gasteiger partial charge on any atom is 0.434 e. The third-order valence-corrected chi connectivity index (χ3v) is 9.49. The van der Waals surface area contributed by atoms with Crippen molar-refractivity contribution in [3.8, 4) is 34.5 Å². The number of rotatable bonds is 12. The minimum Gasteiger partial charge on any atom is -0.480 e. The van der Waals surface area contributed by atoms with E-state index in [0.29, 0.717) is 53.1 Å². The molecule has 0 N–H and O–H groups in total. The second kappa shape index (κ2) is 12.5. The molecule has 6 rings (SSSR count). The van der Waals surface area contributed by atoms with Crippen LogP contribution in [0.3, 0.4) is 0 Å². The van der Waals surface area contributed by atoms with Crippen LogP contribution < -0.4 is 9.47 Å². The van der Waals surface area contributed by atoms with Crippen LogP contribution in [-0.4, -0.2) is 55.8 Å². The summed E-state index contributed by atoms with van der Waals surface area (Å²) in [5.74, 6) is 1.67. The van der Waals surface area contributed by atoms with Gasteiger partial charge in [-0.25, -0.2) is 19.9 Å². The van der Waals surface area contributed by atoms with Crippen molar-refractivity contribution in [2.24, 2.45) is 7.05 Å². The van der Waals surface area contributed by atoms with Crippen LogP contribution in [0.2, 0.25) is 25.7 Å². The summed E-state index contributed by atoms with van der Waals surface area (Å²) < 4.78 is 60.8. The molecule has 4 aromatic heterocycles. The maximum absolute atomic E-state index is 13.2. The van der Waals surface area contributed by atoms with Gasteiger partial charge in [-0.1, -0.05) is 43.9 Å². The number of hydrogen-bond acceptors (Lipinski definition) is 8. The van der Waals surface area contributed by atoms with Gasteiger partial charge in [0.2, 0.25) is 11.8 Å². The van der Waals surface area contributed by atoms with Crippen LogP contribution in [0.4, 0.5) is 13.2 Å². The van der Waals surface area contributed by atoms with Gasteiger partial charge in [0.25, 0.3) is 0 Å². The highest BCUT2D eigenvalue weighted by Gasteiger charge is 2.35. The number of hydrogen-bond donors (Lipinski definition) is 0. The summed E-state index contributed by atoms with van der Waals surface area (Å²) in [6.07, 6.45) is 1.91. The number of ether oxygens (including phenoxy) is 3. The molecule has 0 unspecified atom stereocenters. The van der Waals surface area contributed by atoms with Gasteiger partial charge in [0.05, 0.1) is 18.2 Å². The highest BCUT2D eigenvalue weighted by Crippen LogP contribution is 2.45. The Kier molecular flexibility index (Phi) is 8.59. The van der Waals surface area contributed by atoms with Crippen molar-refractivity contribution in [2.75, 3.05) is 13.7 Å². The molecule has 1 aromatic carbocycles. The van der Waals surface area contributed by atoms with Gasteiger partial charge >= 0.3 is 6.18 Å². The van der Waals surface area contributed by atoms with Gasteiger partial charge in [-0.2, -0.15) is 18.2 Å². The van der Waals surface area contributed by atoms with E-state index in [2.05, 4.69) is 34.6 Å². The fourth-order valence-electron chi connectivity index (χ4n) is 5.09. The van der Waals surface area contributed by atoms with Crippen molar-refractivity contribution in [2.45, 2.75) is 64.0 Å². The first-order valence-corrected chi connectivity index (χ1v) is 18.8. The fourth-order valence-corrected chi connectivity index (χ4v) is 5.85. The molecule has 1 aliphatic rings. The van der Waals surface area contributed by atoms with Crippen LogP contribution in [-0.2, 0) is 31.3 Å². The first kappa shape index (κ1) is 31.7. The van der Waals surface area contributed by atoms with E-state index in [1.807, 2.05) is 16.8 Å². The van der Waals surface area contributed by atoms with Crippen molar-refractivity contribution < 1.29 is 27.4 Å². The third-order valence-electron chi connectivity index (χ3n) is 7.79. The third kappa shape index (κ3) is 6.92. The first-order valence-electron chi connectivity index (χ1n) is 15.1. The van der Waals surface area contributed by atoms with E-state index in [4.69, 9.17) is 24.2 Å². The van der Waals surface area contributed by atoms with E-state index in [-0.39, 0.29) is 18.3 Å². The second-order valence-electron chi connectivity index (χ2n) is 12.7. The summed E-state index contributed by atoms with van der Waals surface area (Å²) in [5.41, 5.74) is 2.56. The minimum absolute atomic E-state index is 0.163. The topological polar surface area (TPSA) is 102 Å². The van der Waals surface area contributed by atoms with Crippen LogP contribution in [0.15, 0.2) is 49.1 Å². The Morgan fingerprint density at radius 2 is 1.74 bits per heavy atom. The predicted molar refractivity (Wildman–Crippen MR) is 169 cm³/mol. The van der Waals surface area contributed by atoms with Gasteiger partial charge < -0.3 is 23.3 Å². The van der Waals surface area contributed by atoms with Gasteiger partial charge in [0.15, 0.2) is 11.5 Å². The Bertz CT molecular complexity index is 1850. The number of aryl methyl sites for hydroxylation is 1. The molecule has 0 aliphatic heterocycles. The highest BCUT2D eigenvalue weighted by atomic mass is 28.3. The van der Waals surface area contributed by atoms with Crippen LogP contribution >= 0.6 is 0 Å². The smallest absolute Gasteiger partial charge is 0.434 e. The largest absolute Gasteiger partial charge is 0.480 e. The monoisotopic (exact) mass is 651 g/mol. The van der Waals surface area contributed by atoms with Gasteiger partial charge in [-0.05, 0) is 30.5 Å². The average Bonchev–Trinajstić information content (AvgIpc) is 3.66. The van der Waals surface area contributed by atoms with Crippen molar-refractivity contribution >= 4 is 19.1 Å². The van der Waals surface area contributed by atoms with Gasteiger partial charge in [-0.3, -0.25) is 0 Å². The summed E-state index contributed by atoms with van der Waals surface area (Å²) in [5, 5.41) is 0.714. The lowest BCUT2D eigenvalue weighted by molar-refractivity contribution is -0.140. The number of benzene rings is 1. The molecule has 0 atom stereocenters. The first-order chi connectivity index (χ1) is 21.9. The zero-order valence-corrected chi connectivity index (χ0v) is 27.4. The second-order valence-corrected chi connectivity index (χ2v) is 18.3. The van der Waals surface area contributed by atoms with Crippen molar-refractivity contribution in [3.05, 3.63) is 66.0 Å². The van der Waals surface area contributed by atoms with E-state index in [1.165, 1.54) is 17.9 Å². The number of fused-ring (bicyclic) bond motifs is 1. The van der Waals surface area contributed by atoms with Gasteiger partial charge in [0, 0.05) is 45.6 Å². The molecular weight excluding hydrogens is 615 g/mol. The Balaban J connectivity index is 1.31. The molecule has 0 saturated heterocycles. The molecule has 5 aromatic rings. The van der Waals surface area contributed by atoms with E-state index in [9.17, 15) is 13.2 Å². The van der Waals surface area contributed by atoms with Crippen LogP contribution in [0.5, 0.6) is 11.8 Å². The molecule has 14 heteroatoms. The molecule has 1 saturated carbocycles. The van der Waals surface area contributed by atoms with Crippen LogP contribution in [0.1, 0.15) is 35.7 Å². The van der Waals surface area contributed by atoms with Crippen molar-refractivity contribution in [1.82, 2.24) is 34.1 Å². The standard InChI is InChI=1S/C32H36F3N7O3Si/c1-41-16-24(32(33,34)35)38-28(41)22-8-6-20(7-9-22)17-45-30-23-12-13-42(19-44-14-15-46(3,4)5)29(23)39-27(40-30)25-26(21-10-11-21)36-18-37-31(25)43-2/h6-9,12-13,16,18,21H,10-11,14-15,17,19H2,1-5H3. The Hall–Kier alpha value is -4.30. The summed E-state index contributed by atoms with van der Waals surface area (Å²) >= 11 is 0. The Morgan fingerprint density at radius 3 is 2.39 bits per heavy atom. The number of nitrogens with zero attached hydrogens (tertiary/aromatic N) is 7. The van der Waals surface area contributed by atoms with E-state index >= 15 is 0 Å². The molecule has 10 nitrogen and oxygen atoms in total. The molecule has 0 spiro atoms. The average molecular weight is 652 g/mol. The van der Waals surface area contributed by atoms with E-state index in [1.54, 1.807) is 31.4 Å². The number of halogens is 3. The number of methoxy groups -OCH3 is 1. The lowest BCUT2D eigenvalue weighted by Gasteiger charge is -2.16. The van der Waals surface area contributed by atoms with Crippen molar-refractivity contribution in [3.63, 3.8) is 0 Å². The molecule has 0 amide bonds. The number of alkyl halides is 3. The SMILES string of the molecule is COc1ncnc(C2CC2)c1-c1nc(OCc2ccc(-c3nc(C(F)(F)F)cn3C)cc2)c2ccn(COCC[Si](C)(C)C)c2n1. The molecule has 0 bridgehead atoms. The quantitative estimate of drug-likeness (QED) is 0.104. The molecule has 46 heavy (non-hydrogen) atoms. The summed E-state index contributed by atoms with van der Waals surface area (Å²) in [4.78, 5) is 22.5. The number of imidazole rings is 1. The van der Waals surface area contributed by atoms with Gasteiger partial charge in [-0.15, -0.1) is 0 Å². The van der Waals surface area contributed by atoms with Crippen LogP contribution in [0, 0.1) is 0 Å². The summed E-state index contributed by atoms with van der Waals surface area (Å²) in [7, 11) is 1.85. The van der Waals surface area contributed by atoms with Crippen LogP contribution in [0.25, 0.3) is 33.8 Å². The van der Waals surface area contributed by atoms with E-state index < -0.39 is 19.9 Å². The molecule has 0 radical (unpaired) electrons. The molecular formula is C32H36F3N7O3Si.